The molecule has 0 fully saturated rings. The first-order valence-corrected chi connectivity index (χ1v) is 10.9. The fraction of sp³-hybridized carbons (Fsp3) is 0.385. The topological polar surface area (TPSA) is 73.9 Å². The molecule has 0 aromatic heterocycles. The van der Waals surface area contributed by atoms with Crippen LogP contribution in [0.25, 0.3) is 0 Å². The summed E-state index contributed by atoms with van der Waals surface area (Å²) in [6.07, 6.45) is 2.76. The van der Waals surface area contributed by atoms with Crippen LogP contribution < -0.4 is 5.48 Å². The number of ether oxygens (including phenoxy) is 2. The Kier molecular flexibility index (Phi) is 9.95. The minimum Gasteiger partial charge on any atom is -0.443 e. The summed E-state index contributed by atoms with van der Waals surface area (Å²) in [6.45, 7) is 10.2. The van der Waals surface area contributed by atoms with E-state index in [0.29, 0.717) is 12.2 Å². The molecule has 1 atom stereocenters. The van der Waals surface area contributed by atoms with Gasteiger partial charge in [0, 0.05) is 0 Å². The first kappa shape index (κ1) is 25.1. The molecule has 2 rings (SSSR count). The first-order valence-electron chi connectivity index (χ1n) is 10.9. The third-order valence-corrected chi connectivity index (χ3v) is 5.08. The van der Waals surface area contributed by atoms with E-state index in [0.717, 1.165) is 40.7 Å². The zero-order valence-corrected chi connectivity index (χ0v) is 19.6. The number of hydrogen-bond donors (Lipinski definition) is 1. The maximum Gasteiger partial charge on any atom is 0.441 e. The lowest BCUT2D eigenvalue weighted by molar-refractivity contribution is 0.0220. The van der Waals surface area contributed by atoms with Crippen molar-refractivity contribution in [2.45, 2.75) is 60.2 Å². The molecule has 0 heterocycles. The number of carbonyl (C=O) groups excluding carboxylic acids is 2. The van der Waals surface area contributed by atoms with Crippen molar-refractivity contribution in [3.05, 3.63) is 81.9 Å². The van der Waals surface area contributed by atoms with Crippen LogP contribution in [0, 0.1) is 20.8 Å². The maximum atomic E-state index is 12.3. The molecule has 2 aromatic rings. The van der Waals surface area contributed by atoms with E-state index < -0.39 is 12.1 Å². The van der Waals surface area contributed by atoms with E-state index in [1.54, 1.807) is 6.08 Å². The molecule has 0 radical (unpaired) electrons. The molecule has 32 heavy (non-hydrogen) atoms. The molecule has 1 amide bonds. The largest absolute Gasteiger partial charge is 0.443 e. The second-order valence-electron chi connectivity index (χ2n) is 7.89. The van der Waals surface area contributed by atoms with E-state index in [4.69, 9.17) is 14.3 Å². The summed E-state index contributed by atoms with van der Waals surface area (Å²) in [7, 11) is 0. The summed E-state index contributed by atoms with van der Waals surface area (Å²) in [6, 6.07) is 13.8. The summed E-state index contributed by atoms with van der Waals surface area (Å²) in [5, 5.41) is 0. The van der Waals surface area contributed by atoms with Crippen LogP contribution in [0.5, 0.6) is 0 Å². The molecule has 0 aliphatic rings. The van der Waals surface area contributed by atoms with E-state index in [2.05, 4.69) is 12.4 Å². The zero-order valence-electron chi connectivity index (χ0n) is 19.6. The van der Waals surface area contributed by atoms with Crippen LogP contribution >= 0.6 is 0 Å². The molecular formula is C26H33NO5. The number of aryl methyl sites for hydroxylation is 3. The van der Waals surface area contributed by atoms with Crippen LogP contribution in [-0.2, 0) is 20.9 Å². The number of nitrogens with one attached hydrogen (secondary N) is 1. The molecule has 0 spiro atoms. The number of hydroxylamine groups is 1. The number of hydrogen-bond acceptors (Lipinski definition) is 5. The van der Waals surface area contributed by atoms with Crippen LogP contribution in [0.2, 0.25) is 0 Å². The van der Waals surface area contributed by atoms with Gasteiger partial charge >= 0.3 is 12.1 Å². The van der Waals surface area contributed by atoms with Gasteiger partial charge in [0.25, 0.3) is 0 Å². The van der Waals surface area contributed by atoms with Crippen molar-refractivity contribution in [2.24, 2.45) is 0 Å². The van der Waals surface area contributed by atoms with Gasteiger partial charge in [-0.15, -0.1) is 5.48 Å². The van der Waals surface area contributed by atoms with Crippen molar-refractivity contribution < 1.29 is 23.9 Å². The minimum absolute atomic E-state index is 0.0483. The molecule has 0 saturated carbocycles. The number of amides is 1. The molecular weight excluding hydrogens is 406 g/mol. The molecule has 0 aliphatic heterocycles. The quantitative estimate of drug-likeness (QED) is 0.398. The lowest BCUT2D eigenvalue weighted by Crippen LogP contribution is -2.28. The van der Waals surface area contributed by atoms with Crippen LogP contribution in [0.1, 0.15) is 59.3 Å². The first-order chi connectivity index (χ1) is 15.3. The van der Waals surface area contributed by atoms with Crippen molar-refractivity contribution in [2.75, 3.05) is 6.61 Å². The number of carbonyl (C=O) groups is 2. The highest BCUT2D eigenvalue weighted by molar-refractivity contribution is 5.93. The maximum absolute atomic E-state index is 12.3. The van der Waals surface area contributed by atoms with E-state index in [1.807, 2.05) is 70.2 Å². The lowest BCUT2D eigenvalue weighted by Gasteiger charge is -2.18. The summed E-state index contributed by atoms with van der Waals surface area (Å²) >= 11 is 0. The zero-order chi connectivity index (χ0) is 23.5. The van der Waals surface area contributed by atoms with Crippen molar-refractivity contribution in [1.29, 1.82) is 0 Å². The normalized spacial score (nSPS) is 12.2. The molecule has 2 aromatic carbocycles. The Bertz CT molecular complexity index is 913. The fourth-order valence-corrected chi connectivity index (χ4v) is 3.53. The molecule has 0 aliphatic carbocycles. The summed E-state index contributed by atoms with van der Waals surface area (Å²) in [4.78, 5) is 29.1. The molecule has 1 N–H and O–H groups in total. The second kappa shape index (κ2) is 12.7. The average Bonchev–Trinajstić information content (AvgIpc) is 2.75. The average molecular weight is 440 g/mol. The van der Waals surface area contributed by atoms with Crippen LogP contribution in [0.15, 0.2) is 54.1 Å². The van der Waals surface area contributed by atoms with Gasteiger partial charge in [0.05, 0.1) is 18.3 Å². The Balaban J connectivity index is 1.82. The Hall–Kier alpha value is -3.12. The van der Waals surface area contributed by atoms with E-state index in [1.165, 1.54) is 0 Å². The van der Waals surface area contributed by atoms with Gasteiger partial charge in [-0.25, -0.2) is 9.59 Å². The van der Waals surface area contributed by atoms with Gasteiger partial charge in [-0.05, 0) is 62.5 Å². The third-order valence-electron chi connectivity index (χ3n) is 5.08. The molecule has 172 valence electrons. The third kappa shape index (κ3) is 7.85. The predicted molar refractivity (Wildman–Crippen MR) is 124 cm³/mol. The Morgan fingerprint density at radius 1 is 1.06 bits per heavy atom. The van der Waals surface area contributed by atoms with Crippen LogP contribution in [0.4, 0.5) is 4.79 Å². The van der Waals surface area contributed by atoms with Gasteiger partial charge in [0.1, 0.15) is 6.61 Å². The standard InChI is InChI=1S/C26H33NO5/c1-6-10-23(31-17-22-11-8-7-9-12-22)19(3)13-14-30-26(29)27-32-25(28)24-20(4)15-18(2)16-21(24)5/h7-9,11-13,15-16,23H,6,10,14,17H2,1-5H3,(H,27,29)/b19-13-. The van der Waals surface area contributed by atoms with Crippen molar-refractivity contribution in [3.63, 3.8) is 0 Å². The smallest absolute Gasteiger partial charge is 0.441 e. The van der Waals surface area contributed by atoms with E-state index in [9.17, 15) is 9.59 Å². The molecule has 0 saturated heterocycles. The SMILES string of the molecule is CCCC(OCc1ccccc1)/C(C)=C\COC(=O)NOC(=O)c1c(C)cc(C)cc1C. The Morgan fingerprint density at radius 2 is 1.72 bits per heavy atom. The van der Waals surface area contributed by atoms with Gasteiger partial charge in [-0.1, -0.05) is 61.4 Å². The highest BCUT2D eigenvalue weighted by atomic mass is 16.7. The summed E-state index contributed by atoms with van der Waals surface area (Å²) < 4.78 is 11.2. The van der Waals surface area contributed by atoms with Gasteiger partial charge in [0.2, 0.25) is 0 Å². The Labute approximate surface area is 190 Å². The van der Waals surface area contributed by atoms with Crippen molar-refractivity contribution in [1.82, 2.24) is 5.48 Å². The molecule has 6 nitrogen and oxygen atoms in total. The minimum atomic E-state index is -0.831. The Morgan fingerprint density at radius 3 is 2.34 bits per heavy atom. The van der Waals surface area contributed by atoms with Crippen LogP contribution in [0.3, 0.4) is 0 Å². The van der Waals surface area contributed by atoms with E-state index >= 15 is 0 Å². The second-order valence-corrected chi connectivity index (χ2v) is 7.89. The molecule has 0 bridgehead atoms. The molecule has 1 unspecified atom stereocenters. The monoisotopic (exact) mass is 439 g/mol. The highest BCUT2D eigenvalue weighted by Crippen LogP contribution is 2.17. The summed E-state index contributed by atoms with van der Waals surface area (Å²) in [5.74, 6) is -0.624. The van der Waals surface area contributed by atoms with Crippen molar-refractivity contribution >= 4 is 12.1 Å². The van der Waals surface area contributed by atoms with Gasteiger partial charge in [-0.3, -0.25) is 0 Å². The number of benzene rings is 2. The number of rotatable bonds is 9. The van der Waals surface area contributed by atoms with Gasteiger partial charge in [0.15, 0.2) is 0 Å². The highest BCUT2D eigenvalue weighted by Gasteiger charge is 2.16. The molecule has 6 heteroatoms. The lowest BCUT2D eigenvalue weighted by atomic mass is 10.0. The predicted octanol–water partition coefficient (Wildman–Crippen LogP) is 5.74. The van der Waals surface area contributed by atoms with Crippen LogP contribution in [-0.4, -0.2) is 24.8 Å². The fourth-order valence-electron chi connectivity index (χ4n) is 3.53. The van der Waals surface area contributed by atoms with Gasteiger partial charge in [-0.2, -0.15) is 0 Å². The van der Waals surface area contributed by atoms with Gasteiger partial charge < -0.3 is 14.3 Å². The van der Waals surface area contributed by atoms with E-state index in [-0.39, 0.29) is 12.7 Å². The summed E-state index contributed by atoms with van der Waals surface area (Å²) in [5.41, 5.74) is 7.22. The van der Waals surface area contributed by atoms with Crippen molar-refractivity contribution in [3.8, 4) is 0 Å².